The van der Waals surface area contributed by atoms with Crippen LogP contribution >= 0.6 is 11.6 Å². The molecule has 1 amide bonds. The summed E-state index contributed by atoms with van der Waals surface area (Å²) in [5, 5.41) is 14.9. The van der Waals surface area contributed by atoms with Gasteiger partial charge < -0.3 is 25.2 Å². The predicted molar refractivity (Wildman–Crippen MR) is 87.2 cm³/mol. The lowest BCUT2D eigenvalue weighted by Crippen LogP contribution is -2.40. The van der Waals surface area contributed by atoms with Crippen LogP contribution in [0.1, 0.15) is 12.8 Å². The molecule has 23 heavy (non-hydrogen) atoms. The minimum absolute atomic E-state index is 0.189. The lowest BCUT2D eigenvalue weighted by atomic mass is 10.2. The number of carboxylic acid groups (broad SMARTS) is 1. The van der Waals surface area contributed by atoms with E-state index in [0.29, 0.717) is 36.0 Å². The predicted octanol–water partition coefficient (Wildman–Crippen LogP) is 1.76. The fourth-order valence-electron chi connectivity index (χ4n) is 1.88. The molecule has 0 spiro atoms. The summed E-state index contributed by atoms with van der Waals surface area (Å²) in [7, 11) is 3.06. The van der Waals surface area contributed by atoms with Crippen molar-refractivity contribution in [2.75, 3.05) is 32.7 Å². The Morgan fingerprint density at radius 1 is 1.35 bits per heavy atom. The normalized spacial score (nSPS) is 11.8. The second kappa shape index (κ2) is 10.0. The van der Waals surface area contributed by atoms with Crippen molar-refractivity contribution in [1.82, 2.24) is 5.32 Å². The molecule has 7 nitrogen and oxygen atoms in total. The van der Waals surface area contributed by atoms with Gasteiger partial charge in [-0.3, -0.25) is 9.59 Å². The van der Waals surface area contributed by atoms with Gasteiger partial charge in [0.1, 0.15) is 11.8 Å². The molecular formula is C15H21ClN2O5. The molecule has 1 rings (SSSR count). The van der Waals surface area contributed by atoms with E-state index >= 15 is 0 Å². The molecular weight excluding hydrogens is 324 g/mol. The Morgan fingerprint density at radius 3 is 2.65 bits per heavy atom. The molecule has 8 heteroatoms. The molecule has 3 N–H and O–H groups in total. The van der Waals surface area contributed by atoms with E-state index in [0.717, 1.165) is 0 Å². The Bertz CT molecular complexity index is 539. The summed E-state index contributed by atoms with van der Waals surface area (Å²) >= 11 is 5.97. The Labute approximate surface area is 139 Å². The first-order chi connectivity index (χ1) is 11.0. The molecule has 0 saturated heterocycles. The van der Waals surface area contributed by atoms with Crippen LogP contribution in [0.15, 0.2) is 18.2 Å². The van der Waals surface area contributed by atoms with E-state index in [1.54, 1.807) is 25.3 Å². The number of benzene rings is 1. The first-order valence-electron chi connectivity index (χ1n) is 7.06. The van der Waals surface area contributed by atoms with E-state index in [1.165, 1.54) is 7.11 Å². The molecule has 0 aromatic heterocycles. The molecule has 0 saturated carbocycles. The maximum atomic E-state index is 12.0. The van der Waals surface area contributed by atoms with Crippen LogP contribution in [0.25, 0.3) is 0 Å². The van der Waals surface area contributed by atoms with Crippen LogP contribution in [0, 0.1) is 0 Å². The van der Waals surface area contributed by atoms with Gasteiger partial charge >= 0.3 is 5.97 Å². The molecule has 1 aromatic carbocycles. The lowest BCUT2D eigenvalue weighted by Gasteiger charge is -2.14. The number of anilines is 1. The van der Waals surface area contributed by atoms with Gasteiger partial charge in [0.25, 0.3) is 0 Å². The number of ether oxygens (including phenoxy) is 2. The quantitative estimate of drug-likeness (QED) is 0.560. The minimum Gasteiger partial charge on any atom is -0.495 e. The maximum absolute atomic E-state index is 12.0. The minimum atomic E-state index is -1.08. The van der Waals surface area contributed by atoms with E-state index < -0.39 is 17.9 Å². The molecule has 1 aromatic rings. The van der Waals surface area contributed by atoms with Crippen LogP contribution in [0.3, 0.4) is 0 Å². The number of methoxy groups -OCH3 is 2. The molecule has 0 bridgehead atoms. The highest BCUT2D eigenvalue weighted by Gasteiger charge is 2.20. The zero-order valence-electron chi connectivity index (χ0n) is 13.1. The van der Waals surface area contributed by atoms with Gasteiger partial charge in [-0.2, -0.15) is 0 Å². The van der Waals surface area contributed by atoms with Gasteiger partial charge in [0, 0.05) is 19.4 Å². The number of carbonyl (C=O) groups excluding carboxylic acids is 1. The van der Waals surface area contributed by atoms with Gasteiger partial charge in [-0.25, -0.2) is 0 Å². The van der Waals surface area contributed by atoms with E-state index in [1.807, 2.05) is 0 Å². The monoisotopic (exact) mass is 344 g/mol. The number of aliphatic carboxylic acids is 1. The summed E-state index contributed by atoms with van der Waals surface area (Å²) in [5.74, 6) is -1.00. The number of hydrogen-bond donors (Lipinski definition) is 3. The van der Waals surface area contributed by atoms with Gasteiger partial charge in [-0.05, 0) is 31.2 Å². The second-order valence-electron chi connectivity index (χ2n) is 4.79. The number of amides is 1. The first kappa shape index (κ1) is 19.2. The summed E-state index contributed by atoms with van der Waals surface area (Å²) in [6.07, 6.45) is 0.474. The van der Waals surface area contributed by atoms with Gasteiger partial charge in [-0.15, -0.1) is 0 Å². The van der Waals surface area contributed by atoms with Crippen molar-refractivity contribution in [3.63, 3.8) is 0 Å². The van der Waals surface area contributed by atoms with Crippen LogP contribution < -0.4 is 15.4 Å². The Kier molecular flexibility index (Phi) is 8.39. The molecule has 1 unspecified atom stereocenters. The summed E-state index contributed by atoms with van der Waals surface area (Å²) < 4.78 is 9.91. The molecule has 0 heterocycles. The van der Waals surface area contributed by atoms with Gasteiger partial charge in [0.15, 0.2) is 0 Å². The first-order valence-corrected chi connectivity index (χ1v) is 7.44. The third-order valence-corrected chi connectivity index (χ3v) is 3.33. The SMILES string of the molecule is COCCCNC(CC(=O)Nc1ccc(OC)c(Cl)c1)C(=O)O. The van der Waals surface area contributed by atoms with Crippen LogP contribution in [0.5, 0.6) is 5.75 Å². The smallest absolute Gasteiger partial charge is 0.321 e. The number of nitrogens with one attached hydrogen (secondary N) is 2. The topological polar surface area (TPSA) is 96.9 Å². The summed E-state index contributed by atoms with van der Waals surface area (Å²) in [6.45, 7) is 0.975. The second-order valence-corrected chi connectivity index (χ2v) is 5.20. The standard InChI is InChI=1S/C15H21ClN2O5/c1-22-7-3-6-17-12(15(20)21)9-14(19)18-10-4-5-13(23-2)11(16)8-10/h4-5,8,12,17H,3,6-7,9H2,1-2H3,(H,18,19)(H,20,21). The van der Waals surface area contributed by atoms with Crippen molar-refractivity contribution >= 4 is 29.2 Å². The third kappa shape index (κ3) is 6.85. The Balaban J connectivity index is 2.55. The number of hydrogen-bond acceptors (Lipinski definition) is 5. The third-order valence-electron chi connectivity index (χ3n) is 3.04. The maximum Gasteiger partial charge on any atom is 0.321 e. The number of rotatable bonds is 10. The molecule has 0 fully saturated rings. The van der Waals surface area contributed by atoms with Crippen molar-refractivity contribution in [2.24, 2.45) is 0 Å². The van der Waals surface area contributed by atoms with Crippen molar-refractivity contribution < 1.29 is 24.2 Å². The van der Waals surface area contributed by atoms with Gasteiger partial charge in [-0.1, -0.05) is 11.6 Å². The van der Waals surface area contributed by atoms with Crippen LogP contribution in [-0.2, 0) is 14.3 Å². The number of halogens is 1. The highest BCUT2D eigenvalue weighted by atomic mass is 35.5. The number of carbonyl (C=O) groups is 2. The molecule has 1 atom stereocenters. The molecule has 128 valence electrons. The largest absolute Gasteiger partial charge is 0.495 e. The van der Waals surface area contributed by atoms with E-state index in [4.69, 9.17) is 26.2 Å². The average molecular weight is 345 g/mol. The van der Waals surface area contributed by atoms with Crippen molar-refractivity contribution in [2.45, 2.75) is 18.9 Å². The van der Waals surface area contributed by atoms with E-state index in [-0.39, 0.29) is 6.42 Å². The van der Waals surface area contributed by atoms with Crippen molar-refractivity contribution in [3.8, 4) is 5.75 Å². The van der Waals surface area contributed by atoms with Crippen molar-refractivity contribution in [3.05, 3.63) is 23.2 Å². The highest BCUT2D eigenvalue weighted by Crippen LogP contribution is 2.27. The lowest BCUT2D eigenvalue weighted by molar-refractivity contribution is -0.141. The average Bonchev–Trinajstić information content (AvgIpc) is 2.50. The Morgan fingerprint density at radius 2 is 2.09 bits per heavy atom. The molecule has 0 aliphatic carbocycles. The van der Waals surface area contributed by atoms with Crippen molar-refractivity contribution in [1.29, 1.82) is 0 Å². The van der Waals surface area contributed by atoms with Gasteiger partial charge in [0.2, 0.25) is 5.91 Å². The Hall–Kier alpha value is -1.83. The zero-order chi connectivity index (χ0) is 17.2. The van der Waals surface area contributed by atoms with Crippen LogP contribution in [-0.4, -0.2) is 50.4 Å². The zero-order valence-corrected chi connectivity index (χ0v) is 13.9. The number of carboxylic acids is 1. The van der Waals surface area contributed by atoms with Gasteiger partial charge in [0.05, 0.1) is 18.6 Å². The molecule has 0 aliphatic heterocycles. The van der Waals surface area contributed by atoms with E-state index in [2.05, 4.69) is 10.6 Å². The van der Waals surface area contributed by atoms with E-state index in [9.17, 15) is 9.59 Å². The summed E-state index contributed by atoms with van der Waals surface area (Å²) in [4.78, 5) is 23.1. The molecule has 0 radical (unpaired) electrons. The van der Waals surface area contributed by atoms with Crippen LogP contribution in [0.4, 0.5) is 5.69 Å². The summed E-state index contributed by atoms with van der Waals surface area (Å²) in [6, 6.07) is 3.83. The van der Waals surface area contributed by atoms with Crippen LogP contribution in [0.2, 0.25) is 5.02 Å². The highest BCUT2D eigenvalue weighted by molar-refractivity contribution is 6.32. The molecule has 0 aliphatic rings. The fraction of sp³-hybridized carbons (Fsp3) is 0.467. The summed E-state index contributed by atoms with van der Waals surface area (Å²) in [5.41, 5.74) is 0.476. The fourth-order valence-corrected chi connectivity index (χ4v) is 2.14.